The minimum atomic E-state index is -3.73. The molecule has 1 aliphatic rings. The van der Waals surface area contributed by atoms with Gasteiger partial charge in [-0.3, -0.25) is 4.98 Å². The molecule has 0 atom stereocenters. The molecule has 0 unspecified atom stereocenters. The number of pyridine rings is 1. The van der Waals surface area contributed by atoms with Crippen molar-refractivity contribution in [3.63, 3.8) is 0 Å². The van der Waals surface area contributed by atoms with Crippen molar-refractivity contribution in [1.29, 1.82) is 0 Å². The fourth-order valence-electron chi connectivity index (χ4n) is 1.99. The van der Waals surface area contributed by atoms with Crippen molar-refractivity contribution in [2.45, 2.75) is 23.8 Å². The highest BCUT2D eigenvalue weighted by Crippen LogP contribution is 2.09. The Hall–Kier alpha value is -1.09. The molecule has 0 aromatic carbocycles. The fourth-order valence-corrected chi connectivity index (χ4v) is 2.97. The maximum absolute atomic E-state index is 12.9. The SMILES string of the molecule is O=S(=O)(NCCOC1CCNCC1)c1cncc(F)c1. The zero-order chi connectivity index (χ0) is 14.4. The van der Waals surface area contributed by atoms with Crippen LogP contribution < -0.4 is 10.0 Å². The quantitative estimate of drug-likeness (QED) is 0.737. The molecule has 0 amide bonds. The van der Waals surface area contributed by atoms with Crippen molar-refractivity contribution in [1.82, 2.24) is 15.0 Å². The van der Waals surface area contributed by atoms with Crippen LogP contribution in [0.25, 0.3) is 0 Å². The number of hydrogen-bond donors (Lipinski definition) is 2. The highest BCUT2D eigenvalue weighted by molar-refractivity contribution is 7.89. The molecule has 0 aliphatic carbocycles. The van der Waals surface area contributed by atoms with Crippen LogP contribution in [-0.4, -0.2) is 45.7 Å². The summed E-state index contributed by atoms with van der Waals surface area (Å²) in [6.07, 6.45) is 4.11. The van der Waals surface area contributed by atoms with Crippen LogP contribution in [0.4, 0.5) is 4.39 Å². The predicted octanol–water partition coefficient (Wildman–Crippen LogP) is 0.268. The van der Waals surface area contributed by atoms with Crippen LogP contribution in [-0.2, 0) is 14.8 Å². The van der Waals surface area contributed by atoms with Crippen LogP contribution in [0, 0.1) is 5.82 Å². The summed E-state index contributed by atoms with van der Waals surface area (Å²) in [7, 11) is -3.73. The standard InChI is InChI=1S/C12H18FN3O3S/c13-10-7-12(9-15-8-10)20(17,18)16-5-6-19-11-1-3-14-4-2-11/h7-9,11,14,16H,1-6H2. The second-order valence-corrected chi connectivity index (χ2v) is 6.32. The van der Waals surface area contributed by atoms with Gasteiger partial charge in [-0.25, -0.2) is 17.5 Å². The smallest absolute Gasteiger partial charge is 0.242 e. The maximum atomic E-state index is 12.9. The van der Waals surface area contributed by atoms with Crippen LogP contribution in [0.15, 0.2) is 23.4 Å². The lowest BCUT2D eigenvalue weighted by molar-refractivity contribution is 0.0367. The van der Waals surface area contributed by atoms with Crippen LogP contribution >= 0.6 is 0 Å². The van der Waals surface area contributed by atoms with E-state index in [1.54, 1.807) is 0 Å². The van der Waals surface area contributed by atoms with E-state index in [0.29, 0.717) is 6.61 Å². The molecule has 8 heteroatoms. The molecule has 1 aromatic rings. The number of hydrogen-bond acceptors (Lipinski definition) is 5. The molecule has 1 aromatic heterocycles. The predicted molar refractivity (Wildman–Crippen MR) is 71.2 cm³/mol. The summed E-state index contributed by atoms with van der Waals surface area (Å²) in [5, 5.41) is 3.22. The topological polar surface area (TPSA) is 80.3 Å². The van der Waals surface area contributed by atoms with Gasteiger partial charge in [-0.2, -0.15) is 0 Å². The number of halogens is 1. The first-order chi connectivity index (χ1) is 9.58. The number of rotatable bonds is 6. The Morgan fingerprint density at radius 2 is 2.15 bits per heavy atom. The van der Waals surface area contributed by atoms with Crippen LogP contribution in [0.1, 0.15) is 12.8 Å². The Bertz CT molecular complexity index is 533. The first-order valence-electron chi connectivity index (χ1n) is 6.50. The van der Waals surface area contributed by atoms with Gasteiger partial charge in [-0.1, -0.05) is 0 Å². The zero-order valence-corrected chi connectivity index (χ0v) is 11.8. The van der Waals surface area contributed by atoms with Gasteiger partial charge in [0.1, 0.15) is 10.7 Å². The summed E-state index contributed by atoms with van der Waals surface area (Å²) in [4.78, 5) is 3.34. The van der Waals surface area contributed by atoms with Gasteiger partial charge in [-0.05, 0) is 32.0 Å². The average Bonchev–Trinajstić information content (AvgIpc) is 2.45. The molecule has 2 N–H and O–H groups in total. The molecule has 2 heterocycles. The highest BCUT2D eigenvalue weighted by Gasteiger charge is 2.16. The van der Waals surface area contributed by atoms with Gasteiger partial charge in [0.15, 0.2) is 0 Å². The lowest BCUT2D eigenvalue weighted by atomic mass is 10.1. The van der Waals surface area contributed by atoms with Gasteiger partial charge in [0.2, 0.25) is 10.0 Å². The molecule has 0 saturated carbocycles. The normalized spacial score (nSPS) is 17.2. The van der Waals surface area contributed by atoms with Gasteiger partial charge >= 0.3 is 0 Å². The molecule has 0 radical (unpaired) electrons. The van der Waals surface area contributed by atoms with Crippen molar-refractivity contribution in [3.05, 3.63) is 24.3 Å². The first-order valence-corrected chi connectivity index (χ1v) is 7.99. The lowest BCUT2D eigenvalue weighted by Gasteiger charge is -2.22. The molecule has 1 saturated heterocycles. The van der Waals surface area contributed by atoms with Crippen molar-refractivity contribution in [3.8, 4) is 0 Å². The third kappa shape index (κ3) is 4.48. The molecule has 112 valence electrons. The van der Waals surface area contributed by atoms with E-state index in [1.807, 2.05) is 0 Å². The monoisotopic (exact) mass is 303 g/mol. The van der Waals surface area contributed by atoms with Gasteiger partial charge in [-0.15, -0.1) is 0 Å². The van der Waals surface area contributed by atoms with E-state index in [9.17, 15) is 12.8 Å². The molecule has 2 rings (SSSR count). The lowest BCUT2D eigenvalue weighted by Crippen LogP contribution is -2.34. The van der Waals surface area contributed by atoms with Crippen LogP contribution in [0.2, 0.25) is 0 Å². The summed E-state index contributed by atoms with van der Waals surface area (Å²) in [5.74, 6) is -0.682. The van der Waals surface area contributed by atoms with Gasteiger partial charge in [0.25, 0.3) is 0 Å². The van der Waals surface area contributed by atoms with E-state index in [4.69, 9.17) is 4.74 Å². The number of aromatic nitrogens is 1. The van der Waals surface area contributed by atoms with E-state index >= 15 is 0 Å². The molecule has 0 bridgehead atoms. The third-order valence-electron chi connectivity index (χ3n) is 3.02. The Kier molecular flexibility index (Phi) is 5.41. The second kappa shape index (κ2) is 7.07. The Balaban J connectivity index is 1.78. The maximum Gasteiger partial charge on any atom is 0.242 e. The minimum Gasteiger partial charge on any atom is -0.377 e. The van der Waals surface area contributed by atoms with E-state index in [2.05, 4.69) is 15.0 Å². The summed E-state index contributed by atoms with van der Waals surface area (Å²) in [6, 6.07) is 0.934. The number of nitrogens with one attached hydrogen (secondary N) is 2. The van der Waals surface area contributed by atoms with E-state index in [-0.39, 0.29) is 17.5 Å². The van der Waals surface area contributed by atoms with Crippen molar-refractivity contribution in [2.75, 3.05) is 26.2 Å². The molecular formula is C12H18FN3O3S. The first kappa shape index (κ1) is 15.3. The third-order valence-corrected chi connectivity index (χ3v) is 4.45. The van der Waals surface area contributed by atoms with Crippen molar-refractivity contribution < 1.29 is 17.5 Å². The summed E-state index contributed by atoms with van der Waals surface area (Å²) < 4.78 is 44.6. The Morgan fingerprint density at radius 1 is 1.40 bits per heavy atom. The highest BCUT2D eigenvalue weighted by atomic mass is 32.2. The number of piperidine rings is 1. The Labute approximate surface area is 117 Å². The molecule has 0 spiro atoms. The van der Waals surface area contributed by atoms with Crippen LogP contribution in [0.3, 0.4) is 0 Å². The van der Waals surface area contributed by atoms with Crippen molar-refractivity contribution in [2.24, 2.45) is 0 Å². The van der Waals surface area contributed by atoms with Gasteiger partial charge in [0, 0.05) is 12.7 Å². The van der Waals surface area contributed by atoms with Crippen LogP contribution in [0.5, 0.6) is 0 Å². The zero-order valence-electron chi connectivity index (χ0n) is 11.0. The summed E-state index contributed by atoms with van der Waals surface area (Å²) in [5.41, 5.74) is 0. The van der Waals surface area contributed by atoms with E-state index in [0.717, 1.165) is 44.4 Å². The summed E-state index contributed by atoms with van der Waals surface area (Å²) >= 11 is 0. The fraction of sp³-hybridized carbons (Fsp3) is 0.583. The van der Waals surface area contributed by atoms with Gasteiger partial charge in [0.05, 0.1) is 18.9 Å². The molecule has 1 aliphatic heterocycles. The summed E-state index contributed by atoms with van der Waals surface area (Å²) in [6.45, 7) is 2.30. The number of sulfonamides is 1. The number of ether oxygens (including phenoxy) is 1. The second-order valence-electron chi connectivity index (χ2n) is 4.56. The number of nitrogens with zero attached hydrogens (tertiary/aromatic N) is 1. The van der Waals surface area contributed by atoms with E-state index < -0.39 is 15.8 Å². The van der Waals surface area contributed by atoms with Crippen molar-refractivity contribution >= 4 is 10.0 Å². The van der Waals surface area contributed by atoms with Gasteiger partial charge < -0.3 is 10.1 Å². The Morgan fingerprint density at radius 3 is 2.85 bits per heavy atom. The molecule has 20 heavy (non-hydrogen) atoms. The largest absolute Gasteiger partial charge is 0.377 e. The minimum absolute atomic E-state index is 0.156. The average molecular weight is 303 g/mol. The molecule has 1 fully saturated rings. The van der Waals surface area contributed by atoms with E-state index in [1.165, 1.54) is 0 Å². The molecular weight excluding hydrogens is 285 g/mol. The molecule has 6 nitrogen and oxygen atoms in total.